The summed E-state index contributed by atoms with van der Waals surface area (Å²) < 4.78 is 47.8. The molecular formula is C24H27F3N2O4. The first-order valence-corrected chi connectivity index (χ1v) is 10.6. The number of hydrogen-bond acceptors (Lipinski definition) is 4. The molecule has 1 saturated heterocycles. The summed E-state index contributed by atoms with van der Waals surface area (Å²) in [5, 5.41) is 2.85. The van der Waals surface area contributed by atoms with Gasteiger partial charge in [0.15, 0.2) is 0 Å². The van der Waals surface area contributed by atoms with Crippen molar-refractivity contribution in [1.82, 2.24) is 10.2 Å². The largest absolute Gasteiger partial charge is 0.573 e. The first-order chi connectivity index (χ1) is 15.4. The number of rotatable bonds is 4. The third-order valence-corrected chi connectivity index (χ3v) is 5.17. The van der Waals surface area contributed by atoms with E-state index in [-0.39, 0.29) is 11.5 Å². The van der Waals surface area contributed by atoms with Crippen molar-refractivity contribution in [1.29, 1.82) is 0 Å². The Morgan fingerprint density at radius 1 is 1.00 bits per heavy atom. The molecule has 2 aromatic rings. The molecule has 1 fully saturated rings. The number of halogens is 3. The van der Waals surface area contributed by atoms with Crippen LogP contribution in [-0.2, 0) is 4.74 Å². The standard InChI is InChI=1S/C24H27F3N2O4/c1-23(2,3)33-22(31)29-14-13-19(18(15-29)16-9-5-4-6-10-16)28-21(30)17-11-7-8-12-20(17)32-24(25,26)27/h4-12,18-19H,13-15H2,1-3H3,(H,28,30)/t18-,19-/m1/s1. The highest BCUT2D eigenvalue weighted by Crippen LogP contribution is 2.30. The molecule has 0 unspecified atom stereocenters. The fourth-order valence-corrected chi connectivity index (χ4v) is 3.77. The molecule has 6 nitrogen and oxygen atoms in total. The second kappa shape index (κ2) is 9.72. The van der Waals surface area contributed by atoms with Crippen molar-refractivity contribution >= 4 is 12.0 Å². The Labute approximate surface area is 190 Å². The molecule has 0 aliphatic carbocycles. The molecule has 33 heavy (non-hydrogen) atoms. The fraction of sp³-hybridized carbons (Fsp3) is 0.417. The van der Waals surface area contributed by atoms with E-state index in [0.717, 1.165) is 11.6 Å². The number of carbonyl (C=O) groups is 2. The lowest BCUT2D eigenvalue weighted by atomic mass is 9.86. The van der Waals surface area contributed by atoms with Crippen LogP contribution in [0.25, 0.3) is 0 Å². The Morgan fingerprint density at radius 2 is 1.64 bits per heavy atom. The monoisotopic (exact) mass is 464 g/mol. The van der Waals surface area contributed by atoms with Crippen LogP contribution in [0, 0.1) is 0 Å². The molecule has 1 heterocycles. The minimum Gasteiger partial charge on any atom is -0.444 e. The molecule has 0 aromatic heterocycles. The number of hydrogen-bond donors (Lipinski definition) is 1. The van der Waals surface area contributed by atoms with Crippen LogP contribution in [0.2, 0.25) is 0 Å². The van der Waals surface area contributed by atoms with E-state index in [1.54, 1.807) is 25.7 Å². The number of carbonyl (C=O) groups excluding carboxylic acids is 2. The third-order valence-electron chi connectivity index (χ3n) is 5.17. The summed E-state index contributed by atoms with van der Waals surface area (Å²) in [4.78, 5) is 27.1. The first kappa shape index (κ1) is 24.4. The quantitative estimate of drug-likeness (QED) is 0.683. The number of nitrogens with zero attached hydrogens (tertiary/aromatic N) is 1. The zero-order valence-corrected chi connectivity index (χ0v) is 18.7. The van der Waals surface area contributed by atoms with Gasteiger partial charge in [-0.25, -0.2) is 4.79 Å². The topological polar surface area (TPSA) is 67.9 Å². The van der Waals surface area contributed by atoms with E-state index in [9.17, 15) is 22.8 Å². The maximum absolute atomic E-state index is 12.9. The van der Waals surface area contributed by atoms with E-state index < -0.39 is 35.8 Å². The van der Waals surface area contributed by atoms with Gasteiger partial charge in [-0.2, -0.15) is 0 Å². The van der Waals surface area contributed by atoms with Crippen LogP contribution in [0.15, 0.2) is 54.6 Å². The summed E-state index contributed by atoms with van der Waals surface area (Å²) in [6, 6.07) is 14.2. The lowest BCUT2D eigenvalue weighted by molar-refractivity contribution is -0.274. The molecule has 1 aliphatic heterocycles. The van der Waals surface area contributed by atoms with Gasteiger partial charge in [0.25, 0.3) is 5.91 Å². The van der Waals surface area contributed by atoms with E-state index in [1.807, 2.05) is 30.3 Å². The molecular weight excluding hydrogens is 437 g/mol. The minimum atomic E-state index is -4.91. The zero-order chi connectivity index (χ0) is 24.2. The van der Waals surface area contributed by atoms with Crippen LogP contribution in [-0.4, -0.2) is 48.0 Å². The fourth-order valence-electron chi connectivity index (χ4n) is 3.77. The number of alkyl halides is 3. The van der Waals surface area contributed by atoms with Crippen molar-refractivity contribution in [3.8, 4) is 5.75 Å². The Hall–Kier alpha value is -3.23. The van der Waals surface area contributed by atoms with E-state index in [1.165, 1.54) is 18.2 Å². The van der Waals surface area contributed by atoms with Crippen LogP contribution < -0.4 is 10.1 Å². The summed E-state index contributed by atoms with van der Waals surface area (Å²) in [5.41, 5.74) is 0.0409. The molecule has 9 heteroatoms. The first-order valence-electron chi connectivity index (χ1n) is 10.6. The Balaban J connectivity index is 1.81. The number of piperidine rings is 1. The van der Waals surface area contributed by atoms with Crippen molar-refractivity contribution in [2.24, 2.45) is 0 Å². The van der Waals surface area contributed by atoms with Gasteiger partial charge in [-0.1, -0.05) is 42.5 Å². The molecule has 2 amide bonds. The minimum absolute atomic E-state index is 0.212. The second-order valence-electron chi connectivity index (χ2n) is 8.86. The number of para-hydroxylation sites is 1. The number of amides is 2. The highest BCUT2D eigenvalue weighted by atomic mass is 19.4. The highest BCUT2D eigenvalue weighted by molar-refractivity contribution is 5.97. The van der Waals surface area contributed by atoms with Gasteiger partial charge >= 0.3 is 12.5 Å². The Bertz CT molecular complexity index is 974. The molecule has 0 radical (unpaired) electrons. The normalized spacial score (nSPS) is 19.0. The molecule has 0 spiro atoms. The summed E-state index contributed by atoms with van der Waals surface area (Å²) in [6.45, 7) is 5.99. The maximum atomic E-state index is 12.9. The van der Waals surface area contributed by atoms with Crippen LogP contribution in [0.5, 0.6) is 5.75 Å². The Morgan fingerprint density at radius 3 is 2.27 bits per heavy atom. The molecule has 3 rings (SSSR count). The molecule has 0 saturated carbocycles. The van der Waals surface area contributed by atoms with Crippen molar-refractivity contribution in [2.45, 2.75) is 51.1 Å². The second-order valence-corrected chi connectivity index (χ2v) is 8.86. The number of likely N-dealkylation sites (tertiary alicyclic amines) is 1. The molecule has 178 valence electrons. The molecule has 1 aliphatic rings. The van der Waals surface area contributed by atoms with E-state index in [0.29, 0.717) is 19.5 Å². The van der Waals surface area contributed by atoms with Gasteiger partial charge in [-0.15, -0.1) is 13.2 Å². The van der Waals surface area contributed by atoms with Gasteiger partial charge in [-0.3, -0.25) is 4.79 Å². The van der Waals surface area contributed by atoms with Gasteiger partial charge in [0, 0.05) is 25.0 Å². The lowest BCUT2D eigenvalue weighted by Crippen LogP contribution is -2.52. The highest BCUT2D eigenvalue weighted by Gasteiger charge is 2.37. The van der Waals surface area contributed by atoms with E-state index in [4.69, 9.17) is 4.74 Å². The van der Waals surface area contributed by atoms with Crippen LogP contribution >= 0.6 is 0 Å². The van der Waals surface area contributed by atoms with Gasteiger partial charge in [0.1, 0.15) is 11.4 Å². The third kappa shape index (κ3) is 6.87. The zero-order valence-electron chi connectivity index (χ0n) is 18.7. The summed E-state index contributed by atoms with van der Waals surface area (Å²) in [5.74, 6) is -1.51. The van der Waals surface area contributed by atoms with Gasteiger partial charge in [0.2, 0.25) is 0 Å². The Kier molecular flexibility index (Phi) is 7.19. The lowest BCUT2D eigenvalue weighted by Gasteiger charge is -2.39. The van der Waals surface area contributed by atoms with Gasteiger partial charge in [-0.05, 0) is 44.9 Å². The van der Waals surface area contributed by atoms with Crippen molar-refractivity contribution < 1.29 is 32.2 Å². The summed E-state index contributed by atoms with van der Waals surface area (Å²) >= 11 is 0. The number of nitrogens with one attached hydrogen (secondary N) is 1. The van der Waals surface area contributed by atoms with Crippen LogP contribution in [0.4, 0.5) is 18.0 Å². The molecule has 0 bridgehead atoms. The predicted octanol–water partition coefficient (Wildman–Crippen LogP) is 5.11. The average Bonchev–Trinajstić information content (AvgIpc) is 2.72. The molecule has 1 N–H and O–H groups in total. The number of ether oxygens (including phenoxy) is 2. The van der Waals surface area contributed by atoms with Crippen molar-refractivity contribution in [3.05, 3.63) is 65.7 Å². The SMILES string of the molecule is CC(C)(C)OC(=O)N1CC[C@@H](NC(=O)c2ccccc2OC(F)(F)F)[C@@H](c2ccccc2)C1. The van der Waals surface area contributed by atoms with Crippen molar-refractivity contribution in [2.75, 3.05) is 13.1 Å². The van der Waals surface area contributed by atoms with Gasteiger partial charge < -0.3 is 19.7 Å². The van der Waals surface area contributed by atoms with Crippen LogP contribution in [0.3, 0.4) is 0 Å². The average molecular weight is 464 g/mol. The predicted molar refractivity (Wildman–Crippen MR) is 116 cm³/mol. The summed E-state index contributed by atoms with van der Waals surface area (Å²) in [6.07, 6.45) is -4.95. The van der Waals surface area contributed by atoms with Crippen LogP contribution in [0.1, 0.15) is 49.0 Å². The smallest absolute Gasteiger partial charge is 0.444 e. The van der Waals surface area contributed by atoms with E-state index >= 15 is 0 Å². The molecule has 2 atom stereocenters. The summed E-state index contributed by atoms with van der Waals surface area (Å²) in [7, 11) is 0. The number of benzene rings is 2. The van der Waals surface area contributed by atoms with Gasteiger partial charge in [0.05, 0.1) is 5.56 Å². The maximum Gasteiger partial charge on any atom is 0.573 e. The van der Waals surface area contributed by atoms with E-state index in [2.05, 4.69) is 10.1 Å². The van der Waals surface area contributed by atoms with Crippen molar-refractivity contribution in [3.63, 3.8) is 0 Å². The molecule has 2 aromatic carbocycles.